The Kier molecular flexibility index (Phi) is 4.52. The first-order valence-corrected chi connectivity index (χ1v) is 8.56. The molecule has 3 fully saturated rings. The predicted octanol–water partition coefficient (Wildman–Crippen LogP) is 0.840. The van der Waals surface area contributed by atoms with Crippen LogP contribution in [0.2, 0.25) is 0 Å². The fourth-order valence-corrected chi connectivity index (χ4v) is 4.07. The van der Waals surface area contributed by atoms with Crippen molar-refractivity contribution >= 4 is 5.97 Å². The largest absolute Gasteiger partial charge is 0.465 e. The van der Waals surface area contributed by atoms with Crippen molar-refractivity contribution in [2.75, 3.05) is 39.3 Å². The van der Waals surface area contributed by atoms with E-state index in [1.165, 1.54) is 12.8 Å². The van der Waals surface area contributed by atoms with Gasteiger partial charge in [-0.15, -0.1) is 0 Å². The average molecular weight is 295 g/mol. The van der Waals surface area contributed by atoms with Crippen LogP contribution in [0.25, 0.3) is 0 Å². The Hall–Kier alpha value is -0.650. The van der Waals surface area contributed by atoms with Gasteiger partial charge in [0.1, 0.15) is 5.54 Å². The maximum atomic E-state index is 12.8. The number of carbonyl (C=O) groups is 1. The third-order valence-electron chi connectivity index (χ3n) is 5.26. The Morgan fingerprint density at radius 3 is 2.86 bits per heavy atom. The molecule has 3 rings (SSSR count). The van der Waals surface area contributed by atoms with Crippen LogP contribution in [0.5, 0.6) is 0 Å². The molecule has 0 bridgehead atoms. The summed E-state index contributed by atoms with van der Waals surface area (Å²) in [6.45, 7) is 9.49. The molecular formula is C16H29N3O2. The molecular weight excluding hydrogens is 266 g/mol. The summed E-state index contributed by atoms with van der Waals surface area (Å²) in [5, 5.41) is 3.44. The third kappa shape index (κ3) is 2.96. The van der Waals surface area contributed by atoms with Crippen LogP contribution in [0, 0.1) is 0 Å². The monoisotopic (exact) mass is 295 g/mol. The minimum Gasteiger partial charge on any atom is -0.465 e. The summed E-state index contributed by atoms with van der Waals surface area (Å²) in [4.78, 5) is 17.8. The quantitative estimate of drug-likeness (QED) is 0.779. The molecule has 2 saturated heterocycles. The van der Waals surface area contributed by atoms with Gasteiger partial charge in [0.25, 0.3) is 0 Å². The highest BCUT2D eigenvalue weighted by molar-refractivity contribution is 5.82. The van der Waals surface area contributed by atoms with Gasteiger partial charge in [0.2, 0.25) is 0 Å². The van der Waals surface area contributed by atoms with Gasteiger partial charge in [-0.1, -0.05) is 0 Å². The molecule has 0 radical (unpaired) electrons. The Morgan fingerprint density at radius 2 is 2.14 bits per heavy atom. The average Bonchev–Trinajstić information content (AvgIpc) is 3.27. The first-order valence-electron chi connectivity index (χ1n) is 8.56. The van der Waals surface area contributed by atoms with Gasteiger partial charge in [0, 0.05) is 38.3 Å². The third-order valence-corrected chi connectivity index (χ3v) is 5.26. The number of hydrogen-bond donors (Lipinski definition) is 1. The van der Waals surface area contributed by atoms with Gasteiger partial charge in [-0.25, -0.2) is 4.79 Å². The molecule has 21 heavy (non-hydrogen) atoms. The van der Waals surface area contributed by atoms with Crippen LogP contribution >= 0.6 is 0 Å². The van der Waals surface area contributed by atoms with Gasteiger partial charge >= 0.3 is 5.97 Å². The Bertz CT molecular complexity index is 378. The highest BCUT2D eigenvalue weighted by atomic mass is 16.5. The van der Waals surface area contributed by atoms with Gasteiger partial charge in [0.15, 0.2) is 0 Å². The second-order valence-corrected chi connectivity index (χ2v) is 6.80. The molecule has 2 unspecified atom stereocenters. The SMILES string of the molecule is CCOC(=O)C1(N2CCCNCC2)CC(C)N(C2CC2)C1. The van der Waals surface area contributed by atoms with E-state index in [1.54, 1.807) is 0 Å². The first-order chi connectivity index (χ1) is 10.2. The van der Waals surface area contributed by atoms with Crippen LogP contribution in [0.3, 0.4) is 0 Å². The molecule has 0 spiro atoms. The van der Waals surface area contributed by atoms with Gasteiger partial charge in [0.05, 0.1) is 6.61 Å². The van der Waals surface area contributed by atoms with E-state index in [0.717, 1.165) is 45.6 Å². The van der Waals surface area contributed by atoms with Crippen LogP contribution in [0.15, 0.2) is 0 Å². The maximum Gasteiger partial charge on any atom is 0.327 e. The lowest BCUT2D eigenvalue weighted by molar-refractivity contribution is -0.157. The van der Waals surface area contributed by atoms with Gasteiger partial charge in [-0.2, -0.15) is 0 Å². The van der Waals surface area contributed by atoms with E-state index in [4.69, 9.17) is 4.74 Å². The van der Waals surface area contributed by atoms with Crippen molar-refractivity contribution in [1.29, 1.82) is 0 Å². The number of carbonyl (C=O) groups excluding carboxylic acids is 1. The van der Waals surface area contributed by atoms with Crippen molar-refractivity contribution in [2.45, 2.75) is 57.2 Å². The Labute approximate surface area is 128 Å². The Morgan fingerprint density at radius 1 is 1.33 bits per heavy atom. The Balaban J connectivity index is 1.82. The second-order valence-electron chi connectivity index (χ2n) is 6.80. The zero-order chi connectivity index (χ0) is 14.9. The predicted molar refractivity (Wildman–Crippen MR) is 82.2 cm³/mol. The standard InChI is InChI=1S/C16H29N3O2/c1-3-21-15(20)16(18-9-4-7-17-8-10-18)11-13(2)19(12-16)14-5-6-14/h13-14,17H,3-12H2,1-2H3. The van der Waals surface area contributed by atoms with Crippen LogP contribution in [0.1, 0.15) is 39.5 Å². The minimum atomic E-state index is -0.413. The van der Waals surface area contributed by atoms with E-state index in [9.17, 15) is 4.79 Å². The normalized spacial score (nSPS) is 35.6. The number of likely N-dealkylation sites (tertiary alicyclic amines) is 1. The zero-order valence-corrected chi connectivity index (χ0v) is 13.4. The first kappa shape index (κ1) is 15.3. The van der Waals surface area contributed by atoms with Crippen molar-refractivity contribution in [1.82, 2.24) is 15.1 Å². The molecule has 1 N–H and O–H groups in total. The lowest BCUT2D eigenvalue weighted by Crippen LogP contribution is -2.58. The number of nitrogens with one attached hydrogen (secondary N) is 1. The minimum absolute atomic E-state index is 0.00176. The molecule has 1 aliphatic carbocycles. The van der Waals surface area contributed by atoms with Gasteiger partial charge < -0.3 is 10.1 Å². The van der Waals surface area contributed by atoms with Crippen molar-refractivity contribution in [2.24, 2.45) is 0 Å². The summed E-state index contributed by atoms with van der Waals surface area (Å²) in [5.41, 5.74) is -0.413. The molecule has 5 heteroatoms. The van der Waals surface area contributed by atoms with E-state index in [1.807, 2.05) is 6.92 Å². The molecule has 0 aromatic heterocycles. The van der Waals surface area contributed by atoms with Crippen molar-refractivity contribution < 1.29 is 9.53 Å². The van der Waals surface area contributed by atoms with Crippen molar-refractivity contribution in [3.05, 3.63) is 0 Å². The number of rotatable bonds is 4. The lowest BCUT2D eigenvalue weighted by Gasteiger charge is -2.38. The highest BCUT2D eigenvalue weighted by Gasteiger charge is 2.55. The summed E-state index contributed by atoms with van der Waals surface area (Å²) in [7, 11) is 0. The molecule has 120 valence electrons. The summed E-state index contributed by atoms with van der Waals surface area (Å²) < 4.78 is 5.49. The van der Waals surface area contributed by atoms with Crippen molar-refractivity contribution in [3.8, 4) is 0 Å². The summed E-state index contributed by atoms with van der Waals surface area (Å²) >= 11 is 0. The van der Waals surface area contributed by atoms with E-state index in [0.29, 0.717) is 18.7 Å². The molecule has 2 heterocycles. The molecule has 1 saturated carbocycles. The maximum absolute atomic E-state index is 12.8. The van der Waals surface area contributed by atoms with Crippen LogP contribution in [0.4, 0.5) is 0 Å². The fraction of sp³-hybridized carbons (Fsp3) is 0.938. The topological polar surface area (TPSA) is 44.8 Å². The molecule has 3 aliphatic rings. The second kappa shape index (κ2) is 6.23. The van der Waals surface area contributed by atoms with Crippen molar-refractivity contribution in [3.63, 3.8) is 0 Å². The fourth-order valence-electron chi connectivity index (χ4n) is 4.07. The van der Waals surface area contributed by atoms with Crippen LogP contribution < -0.4 is 5.32 Å². The highest BCUT2D eigenvalue weighted by Crippen LogP contribution is 2.40. The van der Waals surface area contributed by atoms with E-state index < -0.39 is 5.54 Å². The zero-order valence-electron chi connectivity index (χ0n) is 13.4. The smallest absolute Gasteiger partial charge is 0.327 e. The van der Waals surface area contributed by atoms with Gasteiger partial charge in [-0.3, -0.25) is 9.80 Å². The van der Waals surface area contributed by atoms with Gasteiger partial charge in [-0.05, 0) is 46.1 Å². The number of esters is 1. The van der Waals surface area contributed by atoms with E-state index in [2.05, 4.69) is 22.0 Å². The molecule has 5 nitrogen and oxygen atoms in total. The molecule has 0 aromatic carbocycles. The summed E-state index contributed by atoms with van der Waals surface area (Å²) in [5.74, 6) is 0.00176. The number of nitrogens with zero attached hydrogens (tertiary/aromatic N) is 2. The summed E-state index contributed by atoms with van der Waals surface area (Å²) in [6.07, 6.45) is 4.62. The van der Waals surface area contributed by atoms with E-state index in [-0.39, 0.29) is 5.97 Å². The molecule has 0 aromatic rings. The van der Waals surface area contributed by atoms with Crippen LogP contribution in [-0.2, 0) is 9.53 Å². The lowest BCUT2D eigenvalue weighted by atomic mass is 9.93. The molecule has 2 atom stereocenters. The van der Waals surface area contributed by atoms with Crippen LogP contribution in [-0.4, -0.2) is 72.7 Å². The van der Waals surface area contributed by atoms with E-state index >= 15 is 0 Å². The number of ether oxygens (including phenoxy) is 1. The molecule has 2 aliphatic heterocycles. The number of hydrogen-bond acceptors (Lipinski definition) is 5. The molecule has 0 amide bonds. The summed E-state index contributed by atoms with van der Waals surface area (Å²) in [6, 6.07) is 1.19.